The smallest absolute Gasteiger partial charge is 0.220 e. The molecular formula is C60H60N6. The quantitative estimate of drug-likeness (QED) is 0.156. The lowest BCUT2D eigenvalue weighted by Crippen LogP contribution is -2.10. The number of aryl methyl sites for hydroxylation is 8. The fraction of sp³-hybridized carbons (Fsp3) is 0.267. The normalized spacial score (nSPS) is 13.3. The third-order valence-corrected chi connectivity index (χ3v) is 14.6. The minimum Gasteiger partial charge on any atom is -0.279 e. The lowest BCUT2D eigenvalue weighted by Gasteiger charge is -2.19. The molecule has 0 spiro atoms. The first kappa shape index (κ1) is 41.8. The van der Waals surface area contributed by atoms with Gasteiger partial charge in [0, 0.05) is 32.9 Å². The molecule has 0 aliphatic heterocycles. The maximum Gasteiger partial charge on any atom is 0.220 e. The molecule has 0 saturated heterocycles. The van der Waals surface area contributed by atoms with E-state index >= 15 is 0 Å². The Hall–Kier alpha value is -6.92. The number of rotatable bonds is 6. The Balaban J connectivity index is 1.26. The summed E-state index contributed by atoms with van der Waals surface area (Å²) in [6.07, 6.45) is 8.62. The van der Waals surface area contributed by atoms with E-state index in [4.69, 9.17) is 9.97 Å². The third kappa shape index (κ3) is 5.72. The molecule has 0 radical (unpaired) electrons. The number of benzene rings is 5. The summed E-state index contributed by atoms with van der Waals surface area (Å²) in [4.78, 5) is 11.1. The van der Waals surface area contributed by atoms with Crippen LogP contribution >= 0.6 is 0 Å². The van der Waals surface area contributed by atoms with Gasteiger partial charge in [-0.3, -0.25) is 17.6 Å². The summed E-state index contributed by atoms with van der Waals surface area (Å²) < 4.78 is 9.74. The highest BCUT2D eigenvalue weighted by atomic mass is 15.2. The van der Waals surface area contributed by atoms with E-state index in [2.05, 4.69) is 213 Å². The van der Waals surface area contributed by atoms with Crippen molar-refractivity contribution in [1.82, 2.24) is 27.6 Å². The first-order chi connectivity index (χ1) is 31.1. The van der Waals surface area contributed by atoms with Gasteiger partial charge in [-0.05, 0) is 158 Å². The summed E-state index contributed by atoms with van der Waals surface area (Å²) in [5.41, 5.74) is 25.4. The van der Waals surface area contributed by atoms with Crippen LogP contribution in [0.5, 0.6) is 0 Å². The molecule has 0 amide bonds. The van der Waals surface area contributed by atoms with Crippen molar-refractivity contribution >= 4 is 89.5 Å². The molecule has 11 aromatic rings. The average molecular weight is 865 g/mol. The molecule has 0 bridgehead atoms. The van der Waals surface area contributed by atoms with E-state index in [1.165, 1.54) is 99.2 Å². The van der Waals surface area contributed by atoms with Crippen molar-refractivity contribution in [2.75, 3.05) is 0 Å². The van der Waals surface area contributed by atoms with E-state index in [1.807, 2.05) is 0 Å². The molecule has 6 heterocycles. The topological polar surface area (TPSA) is 43.4 Å². The maximum atomic E-state index is 5.55. The molecule has 6 aromatic heterocycles. The zero-order valence-corrected chi connectivity index (χ0v) is 41.2. The predicted octanol–water partition coefficient (Wildman–Crippen LogP) is 15.5. The fourth-order valence-corrected chi connectivity index (χ4v) is 11.6. The van der Waals surface area contributed by atoms with Crippen LogP contribution in [0.25, 0.3) is 89.5 Å². The van der Waals surface area contributed by atoms with E-state index in [0.717, 1.165) is 56.5 Å². The van der Waals surface area contributed by atoms with Crippen LogP contribution in [0.3, 0.4) is 0 Å². The van der Waals surface area contributed by atoms with Crippen molar-refractivity contribution in [3.63, 3.8) is 0 Å². The first-order valence-corrected chi connectivity index (χ1v) is 23.4. The van der Waals surface area contributed by atoms with Gasteiger partial charge in [0.05, 0.1) is 44.5 Å². The van der Waals surface area contributed by atoms with Crippen LogP contribution in [0.1, 0.15) is 120 Å². The minimum atomic E-state index is -0.0492. The van der Waals surface area contributed by atoms with E-state index in [1.54, 1.807) is 0 Å². The summed E-state index contributed by atoms with van der Waals surface area (Å²) in [6, 6.07) is 23.1. The van der Waals surface area contributed by atoms with Gasteiger partial charge in [0.15, 0.2) is 0 Å². The number of allylic oxidation sites excluding steroid dienone is 4. The van der Waals surface area contributed by atoms with E-state index in [-0.39, 0.29) is 10.8 Å². The van der Waals surface area contributed by atoms with Gasteiger partial charge >= 0.3 is 0 Å². The summed E-state index contributed by atoms with van der Waals surface area (Å²) in [7, 11) is 0. The molecule has 330 valence electrons. The van der Waals surface area contributed by atoms with Crippen molar-refractivity contribution < 1.29 is 0 Å². The summed E-state index contributed by atoms with van der Waals surface area (Å²) in [5.74, 6) is 1.83. The fourth-order valence-electron chi connectivity index (χ4n) is 11.6. The van der Waals surface area contributed by atoms with E-state index < -0.39 is 0 Å². The second kappa shape index (κ2) is 13.8. The molecule has 11 rings (SSSR count). The van der Waals surface area contributed by atoms with Gasteiger partial charge in [-0.15, -0.1) is 0 Å². The lowest BCUT2D eigenvalue weighted by atomic mass is 9.86. The van der Waals surface area contributed by atoms with Gasteiger partial charge in [0.1, 0.15) is 0 Å². The molecule has 0 saturated carbocycles. The number of hydrogen-bond acceptors (Lipinski definition) is 2. The van der Waals surface area contributed by atoms with Crippen molar-refractivity contribution in [2.45, 2.75) is 108 Å². The molecular weight excluding hydrogens is 805 g/mol. The molecule has 0 fully saturated rings. The van der Waals surface area contributed by atoms with Crippen LogP contribution < -0.4 is 0 Å². The number of imidazole rings is 4. The highest BCUT2D eigenvalue weighted by molar-refractivity contribution is 6.36. The SMILES string of the molecule is C=C(/C=C\c1nc2n(c1C)c1c3c4cc(C(C)(C)C)ccc4n4c3c(c3c5cc(C(C)(C)C)ccc5n2c31)n1c(C)c(/C=C\C(=C)c2c(C)cc(C)cc2C)nc14)c1c(C)cc(C)cc1C. The Labute approximate surface area is 387 Å². The molecule has 0 unspecified atom stereocenters. The Kier molecular flexibility index (Phi) is 8.74. The van der Waals surface area contributed by atoms with E-state index in [0.29, 0.717) is 0 Å². The van der Waals surface area contributed by atoms with Gasteiger partial charge < -0.3 is 0 Å². The molecule has 66 heavy (non-hydrogen) atoms. The number of fused-ring (bicyclic) bond motifs is 14. The van der Waals surface area contributed by atoms with Gasteiger partial charge in [0.2, 0.25) is 11.6 Å². The van der Waals surface area contributed by atoms with Crippen LogP contribution in [0.15, 0.2) is 86.0 Å². The van der Waals surface area contributed by atoms with Crippen LogP contribution in [-0.4, -0.2) is 27.6 Å². The highest BCUT2D eigenvalue weighted by Gasteiger charge is 2.33. The summed E-state index contributed by atoms with van der Waals surface area (Å²) >= 11 is 0. The van der Waals surface area contributed by atoms with Gasteiger partial charge in [-0.25, -0.2) is 9.97 Å². The van der Waals surface area contributed by atoms with Crippen LogP contribution in [0.2, 0.25) is 0 Å². The molecule has 0 aliphatic rings. The summed E-state index contributed by atoms with van der Waals surface area (Å²) in [5, 5.41) is 4.90. The molecule has 0 aliphatic carbocycles. The Morgan fingerprint density at radius 1 is 0.470 bits per heavy atom. The number of nitrogens with zero attached hydrogens (tertiary/aromatic N) is 6. The van der Waals surface area contributed by atoms with Crippen LogP contribution in [-0.2, 0) is 10.8 Å². The largest absolute Gasteiger partial charge is 0.279 e. The molecule has 6 heteroatoms. The van der Waals surface area contributed by atoms with E-state index in [9.17, 15) is 0 Å². The molecule has 0 atom stereocenters. The van der Waals surface area contributed by atoms with Crippen molar-refractivity contribution in [3.8, 4) is 0 Å². The van der Waals surface area contributed by atoms with Crippen LogP contribution in [0.4, 0.5) is 0 Å². The highest BCUT2D eigenvalue weighted by Crippen LogP contribution is 2.49. The Bertz CT molecular complexity index is 3690. The van der Waals surface area contributed by atoms with Crippen molar-refractivity contribution in [2.24, 2.45) is 0 Å². The van der Waals surface area contributed by atoms with Gasteiger partial charge in [0.25, 0.3) is 0 Å². The lowest BCUT2D eigenvalue weighted by molar-refractivity contribution is 0.591. The first-order valence-electron chi connectivity index (χ1n) is 23.4. The zero-order chi connectivity index (χ0) is 46.8. The molecule has 6 nitrogen and oxygen atoms in total. The Morgan fingerprint density at radius 3 is 1.14 bits per heavy atom. The average Bonchev–Trinajstić information content (AvgIpc) is 4.04. The van der Waals surface area contributed by atoms with Crippen LogP contribution in [0, 0.1) is 55.4 Å². The third-order valence-electron chi connectivity index (χ3n) is 14.6. The zero-order valence-electron chi connectivity index (χ0n) is 41.2. The second-order valence-corrected chi connectivity index (χ2v) is 21.5. The van der Waals surface area contributed by atoms with Crippen molar-refractivity contribution in [3.05, 3.63) is 164 Å². The predicted molar refractivity (Wildman–Crippen MR) is 283 cm³/mol. The minimum absolute atomic E-state index is 0.0492. The Morgan fingerprint density at radius 2 is 0.803 bits per heavy atom. The van der Waals surface area contributed by atoms with Crippen molar-refractivity contribution in [1.29, 1.82) is 0 Å². The number of aromatic nitrogens is 6. The van der Waals surface area contributed by atoms with Gasteiger partial charge in [-0.1, -0.05) is 114 Å². The molecule has 5 aromatic carbocycles. The standard InChI is InChI=1S/C60H60N6/c1-31-25-35(5)49(36(6)26-31)33(3)17-21-45-39(9)63-53-51-44-30-42(60(14,15)16)20-24-48(44)66-56(51)54(52-43-29-41(59(11,12)13)19-23-47(43)65(55(52)53)57(63)61-45)64-40(10)46(62-58(64)66)22-18-34(4)50-37(7)27-32(2)28-38(50)8/h17-30H,3-4H2,1-2,5-16H3/b21-17-,22-18-. The van der Waals surface area contributed by atoms with Gasteiger partial charge in [-0.2, -0.15) is 0 Å². The molecule has 0 N–H and O–H groups in total. The monoisotopic (exact) mass is 864 g/mol. The summed E-state index contributed by atoms with van der Waals surface area (Å²) in [6.45, 7) is 40.4. The number of hydrogen-bond donors (Lipinski definition) is 0. The maximum absolute atomic E-state index is 5.55. The second-order valence-electron chi connectivity index (χ2n) is 21.5.